The van der Waals surface area contributed by atoms with E-state index >= 15 is 0 Å². The van der Waals surface area contributed by atoms with Crippen LogP contribution in [0, 0.1) is 5.92 Å². The van der Waals surface area contributed by atoms with Crippen molar-refractivity contribution in [2.24, 2.45) is 5.92 Å². The van der Waals surface area contributed by atoms with Gasteiger partial charge in [0.15, 0.2) is 0 Å². The average molecular weight is 316 g/mol. The van der Waals surface area contributed by atoms with Gasteiger partial charge in [0.05, 0.1) is 6.54 Å². The van der Waals surface area contributed by atoms with Crippen molar-refractivity contribution in [1.82, 2.24) is 10.6 Å². The van der Waals surface area contributed by atoms with E-state index < -0.39 is 0 Å². The van der Waals surface area contributed by atoms with Crippen molar-refractivity contribution >= 4 is 23.3 Å². The van der Waals surface area contributed by atoms with Crippen molar-refractivity contribution in [2.75, 3.05) is 29.9 Å². The number of rotatable bonds is 5. The first-order chi connectivity index (χ1) is 11.1. The molecule has 1 atom stereocenters. The SMILES string of the molecule is C[C@@H]1CCN(c2ccc(NC(=O)NCC(=O)NC3CC3)cc2)C1. The van der Waals surface area contributed by atoms with Crippen molar-refractivity contribution in [3.63, 3.8) is 0 Å². The Labute approximate surface area is 136 Å². The van der Waals surface area contributed by atoms with Crippen LogP contribution in [0.25, 0.3) is 0 Å². The average Bonchev–Trinajstić information content (AvgIpc) is 3.24. The van der Waals surface area contributed by atoms with Crippen LogP contribution in [0.3, 0.4) is 0 Å². The lowest BCUT2D eigenvalue weighted by Gasteiger charge is -2.18. The summed E-state index contributed by atoms with van der Waals surface area (Å²) in [6.45, 7) is 4.44. The van der Waals surface area contributed by atoms with Crippen LogP contribution >= 0.6 is 0 Å². The van der Waals surface area contributed by atoms with Crippen molar-refractivity contribution in [3.8, 4) is 0 Å². The lowest BCUT2D eigenvalue weighted by atomic mass is 10.2. The third-order valence-corrected chi connectivity index (χ3v) is 4.27. The Bertz CT molecular complexity index is 568. The van der Waals surface area contributed by atoms with E-state index in [1.165, 1.54) is 12.1 Å². The monoisotopic (exact) mass is 316 g/mol. The molecular weight excluding hydrogens is 292 g/mol. The molecule has 3 amide bonds. The van der Waals surface area contributed by atoms with Crippen LogP contribution < -0.4 is 20.9 Å². The Hall–Kier alpha value is -2.24. The van der Waals surface area contributed by atoms with Gasteiger partial charge in [0.2, 0.25) is 5.91 Å². The summed E-state index contributed by atoms with van der Waals surface area (Å²) in [4.78, 5) is 25.7. The van der Waals surface area contributed by atoms with Gasteiger partial charge in [-0.15, -0.1) is 0 Å². The second-order valence-electron chi connectivity index (χ2n) is 6.54. The Morgan fingerprint density at radius 3 is 2.52 bits per heavy atom. The highest BCUT2D eigenvalue weighted by molar-refractivity contribution is 5.92. The Morgan fingerprint density at radius 1 is 1.17 bits per heavy atom. The van der Waals surface area contributed by atoms with Gasteiger partial charge in [-0.2, -0.15) is 0 Å². The molecule has 3 rings (SSSR count). The zero-order chi connectivity index (χ0) is 16.2. The molecule has 3 N–H and O–H groups in total. The molecule has 0 unspecified atom stereocenters. The van der Waals surface area contributed by atoms with Crippen molar-refractivity contribution in [1.29, 1.82) is 0 Å². The molecule has 2 fully saturated rings. The minimum absolute atomic E-state index is 0.00603. The van der Waals surface area contributed by atoms with Crippen LogP contribution in [0.1, 0.15) is 26.2 Å². The molecule has 1 heterocycles. The van der Waals surface area contributed by atoms with Gasteiger partial charge in [0.1, 0.15) is 0 Å². The first kappa shape index (κ1) is 15.6. The van der Waals surface area contributed by atoms with Gasteiger partial charge in [-0.25, -0.2) is 4.79 Å². The minimum Gasteiger partial charge on any atom is -0.371 e. The molecule has 124 valence electrons. The highest BCUT2D eigenvalue weighted by Gasteiger charge is 2.23. The summed E-state index contributed by atoms with van der Waals surface area (Å²) in [7, 11) is 0. The minimum atomic E-state index is -0.363. The first-order valence-electron chi connectivity index (χ1n) is 8.29. The summed E-state index contributed by atoms with van der Waals surface area (Å²) in [5, 5.41) is 8.14. The molecule has 0 bridgehead atoms. The number of nitrogens with one attached hydrogen (secondary N) is 3. The Balaban J connectivity index is 1.43. The van der Waals surface area contributed by atoms with Crippen molar-refractivity contribution in [3.05, 3.63) is 24.3 Å². The van der Waals surface area contributed by atoms with Gasteiger partial charge < -0.3 is 20.9 Å². The fourth-order valence-electron chi connectivity index (χ4n) is 2.77. The van der Waals surface area contributed by atoms with E-state index in [4.69, 9.17) is 0 Å². The molecule has 23 heavy (non-hydrogen) atoms. The normalized spacial score (nSPS) is 20.2. The van der Waals surface area contributed by atoms with Crippen LogP contribution in [-0.2, 0) is 4.79 Å². The van der Waals surface area contributed by atoms with E-state index in [-0.39, 0.29) is 18.5 Å². The summed E-state index contributed by atoms with van der Waals surface area (Å²) in [5.41, 5.74) is 1.91. The largest absolute Gasteiger partial charge is 0.371 e. The number of hydrogen-bond donors (Lipinski definition) is 3. The topological polar surface area (TPSA) is 73.5 Å². The molecule has 1 aromatic carbocycles. The van der Waals surface area contributed by atoms with Gasteiger partial charge in [-0.3, -0.25) is 4.79 Å². The highest BCUT2D eigenvalue weighted by Crippen LogP contribution is 2.24. The van der Waals surface area contributed by atoms with Crippen LogP contribution in [0.4, 0.5) is 16.2 Å². The quantitative estimate of drug-likeness (QED) is 0.777. The van der Waals surface area contributed by atoms with Crippen molar-refractivity contribution in [2.45, 2.75) is 32.2 Å². The second kappa shape index (κ2) is 6.89. The lowest BCUT2D eigenvalue weighted by molar-refractivity contribution is -0.120. The number of carbonyl (C=O) groups is 2. The van der Waals surface area contributed by atoms with Gasteiger partial charge in [0.25, 0.3) is 0 Å². The standard InChI is InChI=1S/C17H24N4O2/c1-12-8-9-21(11-12)15-6-4-14(5-7-15)20-17(23)18-10-16(22)19-13-2-3-13/h4-7,12-13H,2-3,8-11H2,1H3,(H,19,22)(H2,18,20,23)/t12-/m1/s1. The van der Waals surface area contributed by atoms with E-state index in [1.54, 1.807) is 0 Å². The maximum atomic E-state index is 11.8. The number of nitrogens with zero attached hydrogens (tertiary/aromatic N) is 1. The molecule has 1 saturated carbocycles. The summed E-state index contributed by atoms with van der Waals surface area (Å²) < 4.78 is 0. The van der Waals surface area contributed by atoms with E-state index in [0.717, 1.165) is 37.5 Å². The summed E-state index contributed by atoms with van der Waals surface area (Å²) >= 11 is 0. The molecule has 1 saturated heterocycles. The van der Waals surface area contributed by atoms with E-state index in [9.17, 15) is 9.59 Å². The highest BCUT2D eigenvalue weighted by atomic mass is 16.2. The Kier molecular flexibility index (Phi) is 4.69. The number of benzene rings is 1. The molecule has 0 aromatic heterocycles. The van der Waals surface area contributed by atoms with E-state index in [0.29, 0.717) is 6.04 Å². The van der Waals surface area contributed by atoms with Gasteiger partial charge >= 0.3 is 6.03 Å². The third-order valence-electron chi connectivity index (χ3n) is 4.27. The van der Waals surface area contributed by atoms with Crippen LogP contribution in [0.15, 0.2) is 24.3 Å². The molecule has 6 nitrogen and oxygen atoms in total. The van der Waals surface area contributed by atoms with Gasteiger partial charge in [-0.1, -0.05) is 6.92 Å². The zero-order valence-electron chi connectivity index (χ0n) is 13.5. The predicted octanol–water partition coefficient (Wildman–Crippen LogP) is 1.93. The van der Waals surface area contributed by atoms with E-state index in [1.807, 2.05) is 24.3 Å². The first-order valence-corrected chi connectivity index (χ1v) is 8.29. The molecular formula is C17H24N4O2. The lowest BCUT2D eigenvalue weighted by Crippen LogP contribution is -2.39. The molecule has 0 radical (unpaired) electrons. The van der Waals surface area contributed by atoms with Crippen molar-refractivity contribution < 1.29 is 9.59 Å². The molecule has 1 aliphatic carbocycles. The number of urea groups is 1. The van der Waals surface area contributed by atoms with Gasteiger partial charge in [0, 0.05) is 30.5 Å². The molecule has 1 aliphatic heterocycles. The fourth-order valence-corrected chi connectivity index (χ4v) is 2.77. The number of hydrogen-bond acceptors (Lipinski definition) is 3. The number of anilines is 2. The molecule has 6 heteroatoms. The smallest absolute Gasteiger partial charge is 0.319 e. The fraction of sp³-hybridized carbons (Fsp3) is 0.529. The maximum Gasteiger partial charge on any atom is 0.319 e. The molecule has 1 aromatic rings. The number of carbonyl (C=O) groups excluding carboxylic acids is 2. The predicted molar refractivity (Wildman–Crippen MR) is 90.6 cm³/mol. The summed E-state index contributed by atoms with van der Waals surface area (Å²) in [6, 6.07) is 7.78. The van der Waals surface area contributed by atoms with E-state index in [2.05, 4.69) is 27.8 Å². The van der Waals surface area contributed by atoms with Gasteiger partial charge in [-0.05, 0) is 49.4 Å². The maximum absolute atomic E-state index is 11.8. The number of amides is 3. The summed E-state index contributed by atoms with van der Waals surface area (Å²) in [6.07, 6.45) is 3.31. The molecule has 0 spiro atoms. The molecule has 2 aliphatic rings. The second-order valence-corrected chi connectivity index (χ2v) is 6.54. The summed E-state index contributed by atoms with van der Waals surface area (Å²) in [5.74, 6) is 0.599. The zero-order valence-corrected chi connectivity index (χ0v) is 13.5. The Morgan fingerprint density at radius 2 is 1.91 bits per heavy atom. The van der Waals surface area contributed by atoms with Crippen LogP contribution in [0.5, 0.6) is 0 Å². The van der Waals surface area contributed by atoms with Crippen LogP contribution in [-0.4, -0.2) is 37.6 Å². The third kappa shape index (κ3) is 4.61. The van der Waals surface area contributed by atoms with Crippen LogP contribution in [0.2, 0.25) is 0 Å².